The Kier molecular flexibility index (Phi) is 3.66. The van der Waals surface area contributed by atoms with Crippen molar-refractivity contribution in [3.63, 3.8) is 0 Å². The first-order valence-electron chi connectivity index (χ1n) is 7.41. The third-order valence-electron chi connectivity index (χ3n) is 3.89. The Morgan fingerprint density at radius 1 is 1.43 bits per heavy atom. The lowest BCUT2D eigenvalue weighted by Gasteiger charge is -2.06. The molecule has 1 aliphatic heterocycles. The topological polar surface area (TPSA) is 57.0 Å². The molecule has 2 aromatic heterocycles. The van der Waals surface area contributed by atoms with E-state index in [9.17, 15) is 9.18 Å². The second-order valence-electron chi connectivity index (χ2n) is 5.52. The van der Waals surface area contributed by atoms with Crippen molar-refractivity contribution in [3.05, 3.63) is 56.8 Å². The van der Waals surface area contributed by atoms with Gasteiger partial charge in [0, 0.05) is 12.0 Å². The van der Waals surface area contributed by atoms with Crippen LogP contribution in [0.2, 0.25) is 0 Å². The van der Waals surface area contributed by atoms with Crippen molar-refractivity contribution in [1.82, 2.24) is 14.5 Å². The number of hydrogen-bond acceptors (Lipinski definition) is 5. The van der Waals surface area contributed by atoms with E-state index in [2.05, 4.69) is 9.97 Å². The zero-order valence-electron chi connectivity index (χ0n) is 12.2. The Hall–Kier alpha value is -2.12. The first-order valence-corrected chi connectivity index (χ1v) is 8.29. The van der Waals surface area contributed by atoms with Crippen LogP contribution in [0, 0.1) is 5.82 Å². The van der Waals surface area contributed by atoms with Gasteiger partial charge in [-0.2, -0.15) is 0 Å². The van der Waals surface area contributed by atoms with E-state index in [4.69, 9.17) is 4.74 Å². The predicted octanol–water partition coefficient (Wildman–Crippen LogP) is 2.89. The molecular formula is C16H14FN3O2S. The molecule has 0 radical (unpaired) electrons. The van der Waals surface area contributed by atoms with Crippen molar-refractivity contribution in [1.29, 1.82) is 0 Å². The third kappa shape index (κ3) is 2.77. The van der Waals surface area contributed by atoms with E-state index < -0.39 is 5.82 Å². The van der Waals surface area contributed by atoms with Crippen LogP contribution in [0.25, 0.3) is 10.9 Å². The highest BCUT2D eigenvalue weighted by atomic mass is 32.1. The molecule has 1 aliphatic rings. The summed E-state index contributed by atoms with van der Waals surface area (Å²) >= 11 is 1.55. The van der Waals surface area contributed by atoms with Crippen LogP contribution in [0.15, 0.2) is 34.7 Å². The fraction of sp³-hybridized carbons (Fsp3) is 0.312. The van der Waals surface area contributed by atoms with Crippen molar-refractivity contribution in [3.8, 4) is 0 Å². The molecule has 0 saturated carbocycles. The zero-order chi connectivity index (χ0) is 15.8. The molecule has 4 rings (SSSR count). The second kappa shape index (κ2) is 5.82. The minimum absolute atomic E-state index is 0.0781. The first kappa shape index (κ1) is 14.5. The summed E-state index contributed by atoms with van der Waals surface area (Å²) in [6, 6.07) is 4.03. The van der Waals surface area contributed by atoms with Crippen LogP contribution in [0.4, 0.5) is 4.39 Å². The minimum Gasteiger partial charge on any atom is -0.371 e. The zero-order valence-corrected chi connectivity index (χ0v) is 13.1. The largest absolute Gasteiger partial charge is 0.371 e. The maximum Gasteiger partial charge on any atom is 0.261 e. The molecule has 0 N–H and O–H groups in total. The van der Waals surface area contributed by atoms with Crippen LogP contribution in [0.3, 0.4) is 0 Å². The third-order valence-corrected chi connectivity index (χ3v) is 4.88. The van der Waals surface area contributed by atoms with Gasteiger partial charge in [0.25, 0.3) is 5.56 Å². The average molecular weight is 331 g/mol. The van der Waals surface area contributed by atoms with E-state index >= 15 is 0 Å². The summed E-state index contributed by atoms with van der Waals surface area (Å²) in [4.78, 5) is 21.2. The molecule has 1 saturated heterocycles. The fourth-order valence-electron chi connectivity index (χ4n) is 2.73. The number of rotatable bonds is 3. The summed E-state index contributed by atoms with van der Waals surface area (Å²) in [6.45, 7) is 1.10. The van der Waals surface area contributed by atoms with Gasteiger partial charge >= 0.3 is 0 Å². The highest BCUT2D eigenvalue weighted by molar-refractivity contribution is 7.09. The van der Waals surface area contributed by atoms with Crippen LogP contribution in [-0.2, 0) is 11.3 Å². The number of nitrogens with zero attached hydrogens (tertiary/aromatic N) is 3. The molecule has 1 unspecified atom stereocenters. The van der Waals surface area contributed by atoms with E-state index in [-0.39, 0.29) is 17.0 Å². The Morgan fingerprint density at radius 3 is 3.17 bits per heavy atom. The highest BCUT2D eigenvalue weighted by Gasteiger charge is 2.21. The number of benzene rings is 1. The monoisotopic (exact) mass is 331 g/mol. The minimum atomic E-state index is -0.441. The van der Waals surface area contributed by atoms with Gasteiger partial charge in [0.05, 0.1) is 29.5 Å². The number of ether oxygens (including phenoxy) is 1. The smallest absolute Gasteiger partial charge is 0.261 e. The Bertz CT molecular complexity index is 915. The van der Waals surface area contributed by atoms with Crippen LogP contribution >= 0.6 is 11.3 Å². The summed E-state index contributed by atoms with van der Waals surface area (Å²) in [7, 11) is 0. The van der Waals surface area contributed by atoms with Crippen LogP contribution in [0.5, 0.6) is 0 Å². The van der Waals surface area contributed by atoms with E-state index in [1.165, 1.54) is 29.1 Å². The van der Waals surface area contributed by atoms with Crippen LogP contribution < -0.4 is 5.56 Å². The molecule has 0 amide bonds. The standard InChI is InChI=1S/C16H14FN3O2S/c17-10-3-4-13-12(6-10)16(21)20(9-18-13)7-11-8-23-15(19-11)14-2-1-5-22-14/h3-4,6,8-9,14H,1-2,5,7H2. The maximum absolute atomic E-state index is 13.4. The van der Waals surface area contributed by atoms with Crippen molar-refractivity contribution >= 4 is 22.2 Å². The van der Waals surface area contributed by atoms with Crippen LogP contribution in [0.1, 0.15) is 29.6 Å². The highest BCUT2D eigenvalue weighted by Crippen LogP contribution is 2.30. The molecule has 1 fully saturated rings. The molecule has 0 aliphatic carbocycles. The van der Waals surface area contributed by atoms with Gasteiger partial charge in [0.2, 0.25) is 0 Å². The second-order valence-corrected chi connectivity index (χ2v) is 6.41. The number of hydrogen-bond donors (Lipinski definition) is 0. The summed E-state index contributed by atoms with van der Waals surface area (Å²) in [5, 5.41) is 3.16. The van der Waals surface area contributed by atoms with Gasteiger partial charge in [-0.05, 0) is 31.0 Å². The van der Waals surface area contributed by atoms with E-state index in [1.54, 1.807) is 11.3 Å². The van der Waals surface area contributed by atoms with Crippen molar-refractivity contribution in [2.24, 2.45) is 0 Å². The Labute approximate surface area is 135 Å². The van der Waals surface area contributed by atoms with Gasteiger partial charge in [-0.25, -0.2) is 14.4 Å². The molecule has 1 aromatic carbocycles. The quantitative estimate of drug-likeness (QED) is 0.740. The average Bonchev–Trinajstić information content (AvgIpc) is 3.22. The molecule has 3 heterocycles. The van der Waals surface area contributed by atoms with E-state index in [1.807, 2.05) is 5.38 Å². The Morgan fingerprint density at radius 2 is 2.35 bits per heavy atom. The molecule has 0 bridgehead atoms. The van der Waals surface area contributed by atoms with Gasteiger partial charge in [0.1, 0.15) is 16.9 Å². The van der Waals surface area contributed by atoms with E-state index in [0.29, 0.717) is 12.1 Å². The molecule has 5 nitrogen and oxygen atoms in total. The molecule has 1 atom stereocenters. The normalized spacial score (nSPS) is 17.9. The lowest BCUT2D eigenvalue weighted by atomic mass is 10.2. The number of aromatic nitrogens is 3. The fourth-order valence-corrected chi connectivity index (χ4v) is 3.63. The van der Waals surface area contributed by atoms with Gasteiger partial charge in [0.15, 0.2) is 0 Å². The van der Waals surface area contributed by atoms with Gasteiger partial charge in [-0.1, -0.05) is 0 Å². The lowest BCUT2D eigenvalue weighted by Crippen LogP contribution is -2.21. The molecular weight excluding hydrogens is 317 g/mol. The molecule has 23 heavy (non-hydrogen) atoms. The Balaban J connectivity index is 1.65. The SMILES string of the molecule is O=c1c2cc(F)ccc2ncn1Cc1csc(C2CCCO2)n1. The predicted molar refractivity (Wildman–Crippen MR) is 85.1 cm³/mol. The lowest BCUT2D eigenvalue weighted by molar-refractivity contribution is 0.111. The molecule has 118 valence electrons. The van der Waals surface area contributed by atoms with Crippen molar-refractivity contribution in [2.45, 2.75) is 25.5 Å². The summed E-state index contributed by atoms with van der Waals surface area (Å²) in [5.41, 5.74) is 1.02. The molecule has 7 heteroatoms. The van der Waals surface area contributed by atoms with Gasteiger partial charge < -0.3 is 4.74 Å². The molecule has 0 spiro atoms. The van der Waals surface area contributed by atoms with Crippen molar-refractivity contribution < 1.29 is 9.13 Å². The summed E-state index contributed by atoms with van der Waals surface area (Å²) in [5.74, 6) is -0.441. The summed E-state index contributed by atoms with van der Waals surface area (Å²) < 4.78 is 20.4. The number of halogens is 1. The molecule has 3 aromatic rings. The first-order chi connectivity index (χ1) is 11.2. The number of thiazole rings is 1. The van der Waals surface area contributed by atoms with E-state index in [0.717, 1.165) is 30.2 Å². The van der Waals surface area contributed by atoms with Gasteiger partial charge in [-0.15, -0.1) is 11.3 Å². The maximum atomic E-state index is 13.4. The summed E-state index contributed by atoms with van der Waals surface area (Å²) in [6.07, 6.45) is 3.60. The van der Waals surface area contributed by atoms with Crippen molar-refractivity contribution in [2.75, 3.05) is 6.61 Å². The van der Waals surface area contributed by atoms with Gasteiger partial charge in [-0.3, -0.25) is 9.36 Å². The number of fused-ring (bicyclic) bond motifs is 1. The van der Waals surface area contributed by atoms with Crippen LogP contribution in [-0.4, -0.2) is 21.1 Å².